The lowest BCUT2D eigenvalue weighted by Crippen LogP contribution is -2.14. The van der Waals surface area contributed by atoms with Crippen molar-refractivity contribution in [2.75, 3.05) is 10.0 Å². The van der Waals surface area contributed by atoms with Crippen LogP contribution in [-0.4, -0.2) is 24.1 Å². The van der Waals surface area contributed by atoms with Crippen LogP contribution in [0.4, 0.5) is 11.4 Å². The van der Waals surface area contributed by atoms with Crippen LogP contribution in [0.2, 0.25) is 5.15 Å². The van der Waals surface area contributed by atoms with Gasteiger partial charge in [0.15, 0.2) is 0 Å². The maximum Gasteiger partial charge on any atom is 0.261 e. The molecule has 0 aliphatic carbocycles. The Labute approximate surface area is 197 Å². The standard InChI is InChI=1S/C24H21ClN4O3S/c1-16-8-14-21(15-9-16)33(31,32)28-19-12-10-18(11-13-19)26-24(30)22-17(2)27-29(23(22)25)20-6-4-3-5-7-20/h3-15,28H,1-2H3,(H,26,30). The first-order chi connectivity index (χ1) is 15.7. The summed E-state index contributed by atoms with van der Waals surface area (Å²) in [5, 5.41) is 7.36. The minimum Gasteiger partial charge on any atom is -0.322 e. The molecule has 0 spiro atoms. The lowest BCUT2D eigenvalue weighted by molar-refractivity contribution is 0.102. The third kappa shape index (κ3) is 4.92. The number of aromatic nitrogens is 2. The van der Waals surface area contributed by atoms with Gasteiger partial charge in [-0.3, -0.25) is 9.52 Å². The number of halogens is 1. The number of anilines is 2. The second kappa shape index (κ2) is 9.09. The summed E-state index contributed by atoms with van der Waals surface area (Å²) < 4.78 is 29.1. The van der Waals surface area contributed by atoms with Crippen molar-refractivity contribution in [2.24, 2.45) is 0 Å². The Morgan fingerprint density at radius 1 is 0.879 bits per heavy atom. The third-order valence-electron chi connectivity index (χ3n) is 4.96. The number of carbonyl (C=O) groups excluding carboxylic acids is 1. The Morgan fingerprint density at radius 2 is 1.48 bits per heavy atom. The lowest BCUT2D eigenvalue weighted by atomic mass is 10.2. The Bertz CT molecular complexity index is 1400. The highest BCUT2D eigenvalue weighted by Crippen LogP contribution is 2.25. The number of para-hydroxylation sites is 1. The highest BCUT2D eigenvalue weighted by Gasteiger charge is 2.21. The fourth-order valence-electron chi connectivity index (χ4n) is 3.24. The second-order valence-electron chi connectivity index (χ2n) is 7.45. The molecule has 168 valence electrons. The van der Waals surface area contributed by atoms with E-state index in [0.29, 0.717) is 17.1 Å². The molecule has 0 aliphatic heterocycles. The van der Waals surface area contributed by atoms with Gasteiger partial charge in [-0.25, -0.2) is 13.1 Å². The minimum absolute atomic E-state index is 0.172. The molecule has 4 aromatic rings. The van der Waals surface area contributed by atoms with Gasteiger partial charge in [-0.15, -0.1) is 0 Å². The first kappa shape index (κ1) is 22.6. The Kier molecular flexibility index (Phi) is 6.22. The summed E-state index contributed by atoms with van der Waals surface area (Å²) in [6.07, 6.45) is 0. The molecule has 0 bridgehead atoms. The molecule has 3 aromatic carbocycles. The Balaban J connectivity index is 1.49. The van der Waals surface area contributed by atoms with Crippen molar-refractivity contribution in [1.29, 1.82) is 0 Å². The van der Waals surface area contributed by atoms with Crippen LogP contribution in [0.25, 0.3) is 5.69 Å². The van der Waals surface area contributed by atoms with E-state index in [0.717, 1.165) is 11.3 Å². The highest BCUT2D eigenvalue weighted by atomic mass is 35.5. The first-order valence-corrected chi connectivity index (χ1v) is 11.9. The van der Waals surface area contributed by atoms with Crippen molar-refractivity contribution in [3.05, 3.63) is 101 Å². The number of nitrogens with zero attached hydrogens (tertiary/aromatic N) is 2. The van der Waals surface area contributed by atoms with Crippen LogP contribution in [0.5, 0.6) is 0 Å². The number of carbonyl (C=O) groups is 1. The Hall–Kier alpha value is -3.62. The SMILES string of the molecule is Cc1ccc(S(=O)(=O)Nc2ccc(NC(=O)c3c(C)nn(-c4ccccc4)c3Cl)cc2)cc1. The quantitative estimate of drug-likeness (QED) is 0.397. The van der Waals surface area contributed by atoms with Gasteiger partial charge < -0.3 is 5.32 Å². The van der Waals surface area contributed by atoms with Gasteiger partial charge in [0.05, 0.1) is 16.3 Å². The van der Waals surface area contributed by atoms with Gasteiger partial charge in [0.25, 0.3) is 15.9 Å². The number of amides is 1. The van der Waals surface area contributed by atoms with Crippen LogP contribution in [0.3, 0.4) is 0 Å². The molecule has 0 radical (unpaired) electrons. The predicted molar refractivity (Wildman–Crippen MR) is 130 cm³/mol. The minimum atomic E-state index is -3.71. The highest BCUT2D eigenvalue weighted by molar-refractivity contribution is 7.92. The molecule has 2 N–H and O–H groups in total. The van der Waals surface area contributed by atoms with E-state index in [1.807, 2.05) is 37.3 Å². The van der Waals surface area contributed by atoms with Crippen LogP contribution in [0.1, 0.15) is 21.6 Å². The van der Waals surface area contributed by atoms with Crippen molar-refractivity contribution < 1.29 is 13.2 Å². The zero-order valence-electron chi connectivity index (χ0n) is 17.9. The summed E-state index contributed by atoms with van der Waals surface area (Å²) in [6, 6.07) is 22.2. The molecule has 33 heavy (non-hydrogen) atoms. The van der Waals surface area contributed by atoms with Crippen molar-refractivity contribution in [1.82, 2.24) is 9.78 Å². The predicted octanol–water partition coefficient (Wildman–Crippen LogP) is 5.20. The molecule has 0 atom stereocenters. The number of rotatable bonds is 6. The summed E-state index contributed by atoms with van der Waals surface area (Å²) >= 11 is 6.45. The maximum atomic E-state index is 12.9. The van der Waals surface area contributed by atoms with Crippen molar-refractivity contribution >= 4 is 38.9 Å². The van der Waals surface area contributed by atoms with Crippen LogP contribution >= 0.6 is 11.6 Å². The second-order valence-corrected chi connectivity index (χ2v) is 9.49. The number of aryl methyl sites for hydroxylation is 2. The average Bonchev–Trinajstić information content (AvgIpc) is 3.10. The normalized spacial score (nSPS) is 11.2. The smallest absolute Gasteiger partial charge is 0.261 e. The van der Waals surface area contributed by atoms with Gasteiger partial charge in [0.1, 0.15) is 10.7 Å². The molecule has 1 amide bonds. The fourth-order valence-corrected chi connectivity index (χ4v) is 4.66. The number of benzene rings is 3. The molecule has 1 heterocycles. The van der Waals surface area contributed by atoms with Crippen LogP contribution in [-0.2, 0) is 10.0 Å². The van der Waals surface area contributed by atoms with Gasteiger partial charge in [0.2, 0.25) is 0 Å². The summed E-state index contributed by atoms with van der Waals surface area (Å²) in [7, 11) is -3.71. The van der Waals surface area contributed by atoms with Gasteiger partial charge in [-0.05, 0) is 62.4 Å². The van der Waals surface area contributed by atoms with Gasteiger partial charge in [-0.2, -0.15) is 5.10 Å². The summed E-state index contributed by atoms with van der Waals surface area (Å²) in [5.41, 5.74) is 3.34. The average molecular weight is 481 g/mol. The molecule has 7 nitrogen and oxygen atoms in total. The number of hydrogen-bond donors (Lipinski definition) is 2. The van der Waals surface area contributed by atoms with E-state index >= 15 is 0 Å². The maximum absolute atomic E-state index is 12.9. The summed E-state index contributed by atoms with van der Waals surface area (Å²) in [5.74, 6) is -0.410. The molecule has 9 heteroatoms. The first-order valence-electron chi connectivity index (χ1n) is 10.1. The van der Waals surface area contributed by atoms with Crippen LogP contribution in [0, 0.1) is 13.8 Å². The topological polar surface area (TPSA) is 93.1 Å². The van der Waals surface area contributed by atoms with Crippen molar-refractivity contribution in [2.45, 2.75) is 18.7 Å². The lowest BCUT2D eigenvalue weighted by Gasteiger charge is -2.10. The summed E-state index contributed by atoms with van der Waals surface area (Å²) in [6.45, 7) is 3.60. The monoisotopic (exact) mass is 480 g/mol. The van der Waals surface area contributed by atoms with E-state index < -0.39 is 15.9 Å². The van der Waals surface area contributed by atoms with Gasteiger partial charge in [0, 0.05) is 11.4 Å². The van der Waals surface area contributed by atoms with Gasteiger partial charge >= 0.3 is 0 Å². The number of nitrogens with one attached hydrogen (secondary N) is 2. The van der Waals surface area contributed by atoms with E-state index in [-0.39, 0.29) is 15.6 Å². The van der Waals surface area contributed by atoms with Crippen molar-refractivity contribution in [3.63, 3.8) is 0 Å². The molecule has 0 saturated heterocycles. The zero-order valence-corrected chi connectivity index (χ0v) is 19.5. The number of hydrogen-bond acceptors (Lipinski definition) is 4. The fraction of sp³-hybridized carbons (Fsp3) is 0.0833. The summed E-state index contributed by atoms with van der Waals surface area (Å²) in [4.78, 5) is 13.0. The zero-order chi connectivity index (χ0) is 23.6. The molecular weight excluding hydrogens is 460 g/mol. The molecule has 0 unspecified atom stereocenters. The molecule has 0 fully saturated rings. The molecule has 0 saturated carbocycles. The Morgan fingerprint density at radius 3 is 2.12 bits per heavy atom. The van der Waals surface area contributed by atoms with E-state index in [9.17, 15) is 13.2 Å². The van der Waals surface area contributed by atoms with E-state index in [1.165, 1.54) is 4.68 Å². The van der Waals surface area contributed by atoms with E-state index in [2.05, 4.69) is 15.1 Å². The molecular formula is C24H21ClN4O3S. The van der Waals surface area contributed by atoms with Crippen molar-refractivity contribution in [3.8, 4) is 5.69 Å². The van der Waals surface area contributed by atoms with E-state index in [1.54, 1.807) is 55.5 Å². The van der Waals surface area contributed by atoms with Crippen LogP contribution in [0.15, 0.2) is 83.8 Å². The third-order valence-corrected chi connectivity index (χ3v) is 6.70. The van der Waals surface area contributed by atoms with Gasteiger partial charge in [-0.1, -0.05) is 47.5 Å². The molecule has 1 aromatic heterocycles. The molecule has 4 rings (SSSR count). The van der Waals surface area contributed by atoms with E-state index in [4.69, 9.17) is 11.6 Å². The largest absolute Gasteiger partial charge is 0.322 e. The van der Waals surface area contributed by atoms with Crippen LogP contribution < -0.4 is 10.0 Å². The molecule has 0 aliphatic rings. The number of sulfonamides is 1.